The van der Waals surface area contributed by atoms with E-state index in [0.717, 1.165) is 16.9 Å². The average Bonchev–Trinajstić information content (AvgIpc) is 3.34. The Hall–Kier alpha value is -2.92. The van der Waals surface area contributed by atoms with E-state index in [-0.39, 0.29) is 15.6 Å². The van der Waals surface area contributed by atoms with Gasteiger partial charge in [-0.2, -0.15) is 5.10 Å². The first-order valence-corrected chi connectivity index (χ1v) is 11.6. The van der Waals surface area contributed by atoms with Crippen LogP contribution in [0.1, 0.15) is 25.8 Å². The third-order valence-electron chi connectivity index (χ3n) is 4.08. The normalized spacial score (nSPS) is 11.9. The number of hydrogen-bond donors (Lipinski definition) is 1. The van der Waals surface area contributed by atoms with Crippen LogP contribution in [0.4, 0.5) is 4.79 Å². The van der Waals surface area contributed by atoms with E-state index in [4.69, 9.17) is 9.47 Å². The molecule has 2 heterocycles. The minimum Gasteiger partial charge on any atom is -0.496 e. The standard InChI is InChI=1S/C20H24N4O5S2/c1-20(2,3)29-19(25)22-10-17-21-11-18(30-17)31(26,27)14-6-7-16(28-5)15(8-14)13-9-23-24(4)12-13/h6-9,11-12H,10H2,1-5H3,(H,22,25). The summed E-state index contributed by atoms with van der Waals surface area (Å²) in [4.78, 5) is 16.0. The van der Waals surface area contributed by atoms with Gasteiger partial charge in [0.2, 0.25) is 9.84 Å². The fraction of sp³-hybridized carbons (Fsp3) is 0.350. The molecule has 1 N–H and O–H groups in total. The molecule has 3 aromatic rings. The summed E-state index contributed by atoms with van der Waals surface area (Å²) >= 11 is 0.993. The molecule has 0 atom stereocenters. The van der Waals surface area contributed by atoms with Crippen LogP contribution in [-0.2, 0) is 28.2 Å². The number of thiazole rings is 1. The number of nitrogens with zero attached hydrogens (tertiary/aromatic N) is 3. The zero-order valence-electron chi connectivity index (χ0n) is 17.9. The van der Waals surface area contributed by atoms with Crippen molar-refractivity contribution in [3.63, 3.8) is 0 Å². The molecule has 3 rings (SSSR count). The van der Waals surface area contributed by atoms with Crippen LogP contribution in [0.2, 0.25) is 0 Å². The largest absolute Gasteiger partial charge is 0.496 e. The highest BCUT2D eigenvalue weighted by molar-refractivity contribution is 7.93. The molecule has 11 heteroatoms. The van der Waals surface area contributed by atoms with Crippen molar-refractivity contribution in [3.8, 4) is 16.9 Å². The third kappa shape index (κ3) is 5.42. The Bertz CT molecular complexity index is 1190. The number of amides is 1. The quantitative estimate of drug-likeness (QED) is 0.595. The number of benzene rings is 1. The van der Waals surface area contributed by atoms with Crippen LogP contribution in [0, 0.1) is 0 Å². The fourth-order valence-electron chi connectivity index (χ4n) is 2.72. The molecule has 1 aromatic carbocycles. The lowest BCUT2D eigenvalue weighted by Gasteiger charge is -2.19. The molecule has 0 saturated carbocycles. The Morgan fingerprint density at radius 2 is 2.00 bits per heavy atom. The van der Waals surface area contributed by atoms with Gasteiger partial charge in [-0.15, -0.1) is 11.3 Å². The van der Waals surface area contributed by atoms with Gasteiger partial charge in [0.25, 0.3) is 0 Å². The summed E-state index contributed by atoms with van der Waals surface area (Å²) in [6.07, 6.45) is 4.12. The van der Waals surface area contributed by atoms with Crippen molar-refractivity contribution >= 4 is 27.3 Å². The lowest BCUT2D eigenvalue weighted by molar-refractivity contribution is 0.0523. The number of methoxy groups -OCH3 is 1. The highest BCUT2D eigenvalue weighted by atomic mass is 32.2. The number of rotatable bonds is 6. The first-order valence-electron chi connectivity index (χ1n) is 9.33. The molecule has 0 bridgehead atoms. The number of ether oxygens (including phenoxy) is 2. The number of carbonyl (C=O) groups excluding carboxylic acids is 1. The molecule has 0 aliphatic carbocycles. The SMILES string of the molecule is COc1ccc(S(=O)(=O)c2cnc(CNC(=O)OC(C)(C)C)s2)cc1-c1cnn(C)c1. The van der Waals surface area contributed by atoms with Crippen LogP contribution in [0.3, 0.4) is 0 Å². The minimum atomic E-state index is -3.80. The average molecular weight is 465 g/mol. The highest BCUT2D eigenvalue weighted by Crippen LogP contribution is 2.34. The lowest BCUT2D eigenvalue weighted by Crippen LogP contribution is -2.32. The van der Waals surface area contributed by atoms with Gasteiger partial charge in [-0.3, -0.25) is 4.68 Å². The summed E-state index contributed by atoms with van der Waals surface area (Å²) < 4.78 is 38.6. The third-order valence-corrected chi connectivity index (χ3v) is 7.29. The Labute approximate surface area is 184 Å². The van der Waals surface area contributed by atoms with E-state index < -0.39 is 21.5 Å². The van der Waals surface area contributed by atoms with Crippen molar-refractivity contribution in [2.75, 3.05) is 7.11 Å². The Balaban J connectivity index is 1.83. The molecule has 31 heavy (non-hydrogen) atoms. The number of aryl methyl sites for hydroxylation is 1. The van der Waals surface area contributed by atoms with E-state index in [1.54, 1.807) is 57.0 Å². The summed E-state index contributed by atoms with van der Waals surface area (Å²) in [5.74, 6) is 0.540. The molecular weight excluding hydrogens is 440 g/mol. The monoisotopic (exact) mass is 464 g/mol. The van der Waals surface area contributed by atoms with Gasteiger partial charge in [0.15, 0.2) is 0 Å². The molecule has 9 nitrogen and oxygen atoms in total. The van der Waals surface area contributed by atoms with Gasteiger partial charge in [-0.1, -0.05) is 0 Å². The fourth-order valence-corrected chi connectivity index (χ4v) is 5.27. The van der Waals surface area contributed by atoms with E-state index in [2.05, 4.69) is 15.4 Å². The Morgan fingerprint density at radius 3 is 2.61 bits per heavy atom. The van der Waals surface area contributed by atoms with E-state index in [9.17, 15) is 13.2 Å². The van der Waals surface area contributed by atoms with Gasteiger partial charge in [-0.05, 0) is 39.0 Å². The first-order chi connectivity index (χ1) is 14.5. The number of hydrogen-bond acceptors (Lipinski definition) is 8. The molecule has 166 valence electrons. The summed E-state index contributed by atoms with van der Waals surface area (Å²) in [7, 11) is -0.502. The summed E-state index contributed by atoms with van der Waals surface area (Å²) in [5.41, 5.74) is 0.734. The summed E-state index contributed by atoms with van der Waals surface area (Å²) in [6, 6.07) is 4.66. The van der Waals surface area contributed by atoms with Gasteiger partial charge in [0.05, 0.1) is 30.9 Å². The Kier molecular flexibility index (Phi) is 6.37. The predicted molar refractivity (Wildman–Crippen MR) is 116 cm³/mol. The van der Waals surface area contributed by atoms with Gasteiger partial charge in [0, 0.05) is 24.4 Å². The number of carbonyl (C=O) groups is 1. The van der Waals surface area contributed by atoms with Crippen molar-refractivity contribution in [1.82, 2.24) is 20.1 Å². The maximum atomic E-state index is 13.2. The number of alkyl carbamates (subject to hydrolysis) is 1. The van der Waals surface area contributed by atoms with Crippen LogP contribution in [0.5, 0.6) is 5.75 Å². The number of sulfone groups is 1. The van der Waals surface area contributed by atoms with Crippen molar-refractivity contribution in [2.45, 2.75) is 42.0 Å². The number of aromatic nitrogens is 3. The van der Waals surface area contributed by atoms with E-state index in [1.807, 2.05) is 0 Å². The van der Waals surface area contributed by atoms with Crippen LogP contribution in [-0.4, -0.2) is 42.0 Å². The Morgan fingerprint density at radius 1 is 1.26 bits per heavy atom. The number of nitrogens with one attached hydrogen (secondary N) is 1. The van der Waals surface area contributed by atoms with Crippen LogP contribution in [0.15, 0.2) is 45.9 Å². The van der Waals surface area contributed by atoms with Crippen LogP contribution >= 0.6 is 11.3 Å². The molecule has 0 saturated heterocycles. The van der Waals surface area contributed by atoms with Gasteiger partial charge < -0.3 is 14.8 Å². The first kappa shape index (κ1) is 22.8. The molecule has 0 aliphatic rings. The molecule has 1 amide bonds. The maximum Gasteiger partial charge on any atom is 0.408 e. The van der Waals surface area contributed by atoms with E-state index >= 15 is 0 Å². The summed E-state index contributed by atoms with van der Waals surface area (Å²) in [6.45, 7) is 5.35. The molecule has 2 aromatic heterocycles. The van der Waals surface area contributed by atoms with Crippen molar-refractivity contribution in [3.05, 3.63) is 41.8 Å². The van der Waals surface area contributed by atoms with Crippen LogP contribution < -0.4 is 10.1 Å². The van der Waals surface area contributed by atoms with Crippen molar-refractivity contribution in [2.24, 2.45) is 7.05 Å². The zero-order chi connectivity index (χ0) is 22.8. The lowest BCUT2D eigenvalue weighted by atomic mass is 10.1. The van der Waals surface area contributed by atoms with Gasteiger partial charge >= 0.3 is 6.09 Å². The molecule has 0 radical (unpaired) electrons. The molecule has 0 unspecified atom stereocenters. The molecule has 0 fully saturated rings. The second kappa shape index (κ2) is 8.67. The summed E-state index contributed by atoms with van der Waals surface area (Å²) in [5, 5.41) is 7.16. The van der Waals surface area contributed by atoms with Crippen molar-refractivity contribution in [1.29, 1.82) is 0 Å². The van der Waals surface area contributed by atoms with Crippen molar-refractivity contribution < 1.29 is 22.7 Å². The van der Waals surface area contributed by atoms with Gasteiger partial charge in [0.1, 0.15) is 20.6 Å². The second-order valence-electron chi connectivity index (χ2n) is 7.70. The smallest absolute Gasteiger partial charge is 0.408 e. The second-order valence-corrected chi connectivity index (χ2v) is 11.0. The zero-order valence-corrected chi connectivity index (χ0v) is 19.5. The topological polar surface area (TPSA) is 112 Å². The van der Waals surface area contributed by atoms with E-state index in [1.165, 1.54) is 19.4 Å². The van der Waals surface area contributed by atoms with E-state index in [0.29, 0.717) is 16.3 Å². The highest BCUT2D eigenvalue weighted by Gasteiger charge is 2.23. The molecule has 0 spiro atoms. The predicted octanol–water partition coefficient (Wildman–Crippen LogP) is 3.41. The van der Waals surface area contributed by atoms with Gasteiger partial charge in [-0.25, -0.2) is 18.2 Å². The molecular formula is C20H24N4O5S2. The minimum absolute atomic E-state index is 0.0681. The van der Waals surface area contributed by atoms with Crippen LogP contribution in [0.25, 0.3) is 11.1 Å². The molecule has 0 aliphatic heterocycles. The maximum absolute atomic E-state index is 13.2.